The van der Waals surface area contributed by atoms with Gasteiger partial charge < -0.3 is 9.32 Å². The first kappa shape index (κ1) is 34.6. The zero-order valence-electron chi connectivity index (χ0n) is 33.6. The van der Waals surface area contributed by atoms with Crippen molar-refractivity contribution in [3.05, 3.63) is 246 Å². The van der Waals surface area contributed by atoms with Crippen molar-refractivity contribution in [1.82, 2.24) is 0 Å². The molecule has 0 amide bonds. The number of hydrogen-bond donors (Lipinski definition) is 0. The van der Waals surface area contributed by atoms with E-state index in [-0.39, 0.29) is 5.41 Å². The summed E-state index contributed by atoms with van der Waals surface area (Å²) in [4.78, 5) is 2.46. The van der Waals surface area contributed by atoms with Crippen molar-refractivity contribution in [2.24, 2.45) is 0 Å². The van der Waals surface area contributed by atoms with E-state index in [0.29, 0.717) is 0 Å². The molecule has 0 radical (unpaired) electrons. The SMILES string of the molecule is CC1(C)c2ccccc2-c2c(N(c3ccc(-c4ccccc4)cc3)c3ccc4oc5cccc(C6(c7ccccc7)c7ccccc7-c7ccccc76)c5c4c3)cccc21. The fraction of sp³-hybridized carbons (Fsp3) is 0.0690. The molecule has 1 aromatic heterocycles. The highest BCUT2D eigenvalue weighted by Gasteiger charge is 2.47. The van der Waals surface area contributed by atoms with E-state index in [0.717, 1.165) is 39.0 Å². The molecule has 0 bridgehead atoms. The van der Waals surface area contributed by atoms with Crippen LogP contribution in [0.15, 0.2) is 217 Å². The molecule has 2 nitrogen and oxygen atoms in total. The lowest BCUT2D eigenvalue weighted by molar-refractivity contribution is 0.660. The highest BCUT2D eigenvalue weighted by atomic mass is 16.3. The molecule has 0 unspecified atom stereocenters. The first-order valence-electron chi connectivity index (χ1n) is 20.9. The van der Waals surface area contributed by atoms with Gasteiger partial charge in [0.05, 0.1) is 11.1 Å². The quantitative estimate of drug-likeness (QED) is 0.168. The van der Waals surface area contributed by atoms with Gasteiger partial charge in [0.15, 0.2) is 0 Å². The lowest BCUT2D eigenvalue weighted by Gasteiger charge is -2.34. The highest BCUT2D eigenvalue weighted by molar-refractivity contribution is 6.10. The first-order chi connectivity index (χ1) is 29.5. The van der Waals surface area contributed by atoms with E-state index in [1.165, 1.54) is 66.8 Å². The first-order valence-corrected chi connectivity index (χ1v) is 20.9. The molecule has 10 aromatic rings. The number of nitrogens with zero attached hydrogens (tertiary/aromatic N) is 1. The van der Waals surface area contributed by atoms with Crippen LogP contribution in [0.25, 0.3) is 55.3 Å². The monoisotopic (exact) mass is 767 g/mol. The van der Waals surface area contributed by atoms with Crippen molar-refractivity contribution in [3.63, 3.8) is 0 Å². The third-order valence-corrected chi connectivity index (χ3v) is 13.4. The van der Waals surface area contributed by atoms with Crippen molar-refractivity contribution in [3.8, 4) is 33.4 Å². The second kappa shape index (κ2) is 13.0. The van der Waals surface area contributed by atoms with Crippen molar-refractivity contribution in [1.29, 1.82) is 0 Å². The van der Waals surface area contributed by atoms with Crippen LogP contribution in [0.4, 0.5) is 17.1 Å². The van der Waals surface area contributed by atoms with Crippen molar-refractivity contribution < 1.29 is 4.42 Å². The molecule has 60 heavy (non-hydrogen) atoms. The molecule has 2 heteroatoms. The average molecular weight is 768 g/mol. The predicted molar refractivity (Wildman–Crippen MR) is 249 cm³/mol. The maximum absolute atomic E-state index is 6.85. The zero-order chi connectivity index (χ0) is 40.0. The van der Waals surface area contributed by atoms with E-state index in [1.54, 1.807) is 0 Å². The molecular weight excluding hydrogens is 727 g/mol. The molecule has 12 rings (SSSR count). The molecule has 0 atom stereocenters. The number of benzene rings is 9. The summed E-state index contributed by atoms with van der Waals surface area (Å²) in [5.74, 6) is 0. The molecule has 284 valence electrons. The maximum atomic E-state index is 6.85. The molecule has 0 saturated heterocycles. The Labute approximate surface area is 350 Å². The smallest absolute Gasteiger partial charge is 0.135 e. The van der Waals surface area contributed by atoms with Gasteiger partial charge in [-0.1, -0.05) is 184 Å². The second-order valence-corrected chi connectivity index (χ2v) is 16.8. The lowest BCUT2D eigenvalue weighted by atomic mass is 9.66. The molecule has 1 heterocycles. The standard InChI is InChI=1S/C58H41NO/c1-57(2)47-24-12-11-23-45(47)55-50(57)27-15-29-52(55)59(41-33-31-39(32-34-41)38-17-5-3-6-18-38)42-35-36-53-46(37-42)56-51(28-16-30-54(56)60-53)58(40-19-7-4-8-20-40)48-25-13-9-21-43(48)44-22-10-14-26-49(44)58/h3-37H,1-2H3. The fourth-order valence-corrected chi connectivity index (χ4v) is 10.7. The van der Waals surface area contributed by atoms with Crippen LogP contribution in [0.5, 0.6) is 0 Å². The summed E-state index contributed by atoms with van der Waals surface area (Å²) in [5, 5.41) is 2.23. The van der Waals surface area contributed by atoms with E-state index in [1.807, 2.05) is 0 Å². The molecule has 0 aliphatic heterocycles. The number of anilines is 3. The van der Waals surface area contributed by atoms with Crippen molar-refractivity contribution >= 4 is 39.0 Å². The molecule has 0 fully saturated rings. The van der Waals surface area contributed by atoms with Crippen LogP contribution >= 0.6 is 0 Å². The lowest BCUT2D eigenvalue weighted by Crippen LogP contribution is -2.28. The van der Waals surface area contributed by atoms with Crippen molar-refractivity contribution in [2.45, 2.75) is 24.7 Å². The Morgan fingerprint density at radius 1 is 0.400 bits per heavy atom. The van der Waals surface area contributed by atoms with E-state index in [2.05, 4.69) is 231 Å². The summed E-state index contributed by atoms with van der Waals surface area (Å²) in [5.41, 5.74) is 19.6. The zero-order valence-corrected chi connectivity index (χ0v) is 33.6. The third-order valence-electron chi connectivity index (χ3n) is 13.4. The van der Waals surface area contributed by atoms with Gasteiger partial charge in [0.25, 0.3) is 0 Å². The summed E-state index contributed by atoms with van der Waals surface area (Å²) in [7, 11) is 0. The number of furan rings is 1. The van der Waals surface area contributed by atoms with Gasteiger partial charge in [-0.05, 0) is 104 Å². The Hall–Kier alpha value is -7.42. The number of rotatable bonds is 6. The largest absolute Gasteiger partial charge is 0.456 e. The summed E-state index contributed by atoms with van der Waals surface area (Å²) >= 11 is 0. The van der Waals surface area contributed by atoms with Crippen LogP contribution < -0.4 is 4.90 Å². The minimum absolute atomic E-state index is 0.135. The minimum atomic E-state index is -0.566. The summed E-state index contributed by atoms with van der Waals surface area (Å²) in [6, 6.07) is 77.8. The van der Waals surface area contributed by atoms with Gasteiger partial charge in [-0.15, -0.1) is 0 Å². The summed E-state index contributed by atoms with van der Waals surface area (Å²) < 4.78 is 6.85. The van der Waals surface area contributed by atoms with Gasteiger partial charge in [-0.3, -0.25) is 0 Å². The Morgan fingerprint density at radius 3 is 1.67 bits per heavy atom. The molecule has 2 aliphatic carbocycles. The fourth-order valence-electron chi connectivity index (χ4n) is 10.7. The molecule has 0 spiro atoms. The Balaban J connectivity index is 1.14. The van der Waals surface area contributed by atoms with Crippen LogP contribution in [0, 0.1) is 0 Å². The Morgan fingerprint density at radius 2 is 0.950 bits per heavy atom. The molecule has 9 aromatic carbocycles. The molecule has 2 aliphatic rings. The summed E-state index contributed by atoms with van der Waals surface area (Å²) in [6.45, 7) is 4.71. The molecular formula is C58H41NO. The highest BCUT2D eigenvalue weighted by Crippen LogP contribution is 2.59. The normalized spacial score (nSPS) is 14.1. The van der Waals surface area contributed by atoms with Crippen LogP contribution in [-0.2, 0) is 10.8 Å². The topological polar surface area (TPSA) is 16.4 Å². The van der Waals surface area contributed by atoms with Crippen LogP contribution in [0.3, 0.4) is 0 Å². The second-order valence-electron chi connectivity index (χ2n) is 16.8. The van der Waals surface area contributed by atoms with Crippen LogP contribution in [-0.4, -0.2) is 0 Å². The number of hydrogen-bond acceptors (Lipinski definition) is 2. The average Bonchev–Trinajstić information content (AvgIpc) is 3.91. The van der Waals surface area contributed by atoms with Gasteiger partial charge in [0.1, 0.15) is 11.2 Å². The number of fused-ring (bicyclic) bond motifs is 9. The van der Waals surface area contributed by atoms with Gasteiger partial charge in [-0.25, -0.2) is 0 Å². The Kier molecular flexibility index (Phi) is 7.52. The van der Waals surface area contributed by atoms with E-state index >= 15 is 0 Å². The van der Waals surface area contributed by atoms with Gasteiger partial charge in [-0.2, -0.15) is 0 Å². The van der Waals surface area contributed by atoms with E-state index in [4.69, 9.17) is 4.42 Å². The maximum Gasteiger partial charge on any atom is 0.135 e. The minimum Gasteiger partial charge on any atom is -0.456 e. The van der Waals surface area contributed by atoms with E-state index < -0.39 is 5.41 Å². The van der Waals surface area contributed by atoms with Crippen molar-refractivity contribution in [2.75, 3.05) is 4.90 Å². The van der Waals surface area contributed by atoms with Gasteiger partial charge in [0.2, 0.25) is 0 Å². The van der Waals surface area contributed by atoms with Gasteiger partial charge >= 0.3 is 0 Å². The molecule has 0 N–H and O–H groups in total. The Bertz CT molecular complexity index is 3240. The third kappa shape index (κ3) is 4.82. The molecule has 0 saturated carbocycles. The predicted octanol–water partition coefficient (Wildman–Crippen LogP) is 15.4. The van der Waals surface area contributed by atoms with Crippen LogP contribution in [0.2, 0.25) is 0 Å². The van der Waals surface area contributed by atoms with Gasteiger partial charge in [0, 0.05) is 33.1 Å². The summed E-state index contributed by atoms with van der Waals surface area (Å²) in [6.07, 6.45) is 0. The van der Waals surface area contributed by atoms with E-state index in [9.17, 15) is 0 Å². The van der Waals surface area contributed by atoms with Crippen LogP contribution in [0.1, 0.15) is 47.2 Å².